The summed E-state index contributed by atoms with van der Waals surface area (Å²) in [5.74, 6) is 0.0803. The number of hydrogen-bond acceptors (Lipinski definition) is 3. The highest BCUT2D eigenvalue weighted by molar-refractivity contribution is 6.08. The quantitative estimate of drug-likeness (QED) is 0.541. The van der Waals surface area contributed by atoms with E-state index in [1.165, 1.54) is 0 Å². The number of nitrogens with one attached hydrogen (secondary N) is 1. The first-order valence-corrected chi connectivity index (χ1v) is 7.82. The summed E-state index contributed by atoms with van der Waals surface area (Å²) < 4.78 is 11.3. The van der Waals surface area contributed by atoms with E-state index < -0.39 is 0 Å². The van der Waals surface area contributed by atoms with Crippen molar-refractivity contribution in [2.24, 2.45) is 0 Å². The maximum atomic E-state index is 12.6. The number of hydrogen-bond donors (Lipinski definition) is 1. The van der Waals surface area contributed by atoms with Crippen LogP contribution in [0.4, 0.5) is 5.69 Å². The molecule has 0 unspecified atom stereocenters. The Morgan fingerprint density at radius 2 is 1.71 bits per heavy atom. The van der Waals surface area contributed by atoms with Crippen LogP contribution in [-0.4, -0.2) is 5.91 Å². The Bertz CT molecular complexity index is 1070. The molecule has 2 aromatic carbocycles. The van der Waals surface area contributed by atoms with E-state index in [0.29, 0.717) is 11.3 Å². The third kappa shape index (κ3) is 2.27. The Hall–Kier alpha value is -3.01. The molecule has 0 aliphatic carbocycles. The lowest BCUT2D eigenvalue weighted by Crippen LogP contribution is -2.11. The average molecular weight is 319 g/mol. The van der Waals surface area contributed by atoms with Crippen LogP contribution in [-0.2, 0) is 0 Å². The van der Waals surface area contributed by atoms with Gasteiger partial charge in [0.1, 0.15) is 11.2 Å². The highest BCUT2D eigenvalue weighted by Crippen LogP contribution is 2.32. The molecule has 0 aliphatic heterocycles. The molecule has 0 atom stereocenters. The van der Waals surface area contributed by atoms with Crippen molar-refractivity contribution in [2.75, 3.05) is 5.32 Å². The number of amides is 1. The first-order chi connectivity index (χ1) is 11.5. The molecule has 0 spiro atoms. The highest BCUT2D eigenvalue weighted by atomic mass is 16.4. The largest absolute Gasteiger partial charge is 0.464 e. The maximum Gasteiger partial charge on any atom is 0.291 e. The number of benzene rings is 2. The second-order valence-corrected chi connectivity index (χ2v) is 6.14. The smallest absolute Gasteiger partial charge is 0.291 e. The lowest BCUT2D eigenvalue weighted by Gasteiger charge is -2.04. The molecular weight excluding hydrogens is 302 g/mol. The number of carbonyl (C=O) groups excluding carboxylic acids is 1. The van der Waals surface area contributed by atoms with Crippen LogP contribution < -0.4 is 5.32 Å². The van der Waals surface area contributed by atoms with Crippen molar-refractivity contribution in [1.29, 1.82) is 0 Å². The van der Waals surface area contributed by atoms with Gasteiger partial charge in [0.2, 0.25) is 0 Å². The summed E-state index contributed by atoms with van der Waals surface area (Å²) in [6.07, 6.45) is 1.73. The summed E-state index contributed by atoms with van der Waals surface area (Å²) in [6.45, 7) is 5.90. The van der Waals surface area contributed by atoms with Gasteiger partial charge in [0.05, 0.1) is 6.26 Å². The van der Waals surface area contributed by atoms with Crippen molar-refractivity contribution >= 4 is 33.5 Å². The lowest BCUT2D eigenvalue weighted by molar-refractivity contribution is 0.0998. The monoisotopic (exact) mass is 319 g/mol. The van der Waals surface area contributed by atoms with Gasteiger partial charge in [-0.15, -0.1) is 0 Å². The molecule has 4 aromatic rings. The van der Waals surface area contributed by atoms with E-state index in [9.17, 15) is 4.79 Å². The normalized spacial score (nSPS) is 11.3. The van der Waals surface area contributed by atoms with E-state index in [-0.39, 0.29) is 5.91 Å². The minimum absolute atomic E-state index is 0.249. The molecule has 0 aliphatic rings. The molecule has 1 N–H and O–H groups in total. The Morgan fingerprint density at radius 1 is 0.958 bits per heavy atom. The van der Waals surface area contributed by atoms with E-state index in [1.54, 1.807) is 6.26 Å². The van der Waals surface area contributed by atoms with Gasteiger partial charge in [-0.05, 0) is 44.5 Å². The van der Waals surface area contributed by atoms with Gasteiger partial charge in [-0.25, -0.2) is 0 Å². The zero-order valence-electron chi connectivity index (χ0n) is 13.8. The van der Waals surface area contributed by atoms with Gasteiger partial charge in [-0.3, -0.25) is 4.79 Å². The number of carbonyl (C=O) groups is 1. The van der Waals surface area contributed by atoms with Crippen LogP contribution in [0.5, 0.6) is 0 Å². The standard InChI is InChI=1S/C20H17NO3/c1-11-4-6-14(7-5-11)21-20(22)19-13(3)16-8-15-12(2)10-23-17(15)9-18(16)24-19/h4-10H,1-3H3,(H,21,22). The Kier molecular flexibility index (Phi) is 3.20. The number of anilines is 1. The molecule has 1 amide bonds. The average Bonchev–Trinajstić information content (AvgIpc) is 3.09. The molecule has 120 valence electrons. The van der Waals surface area contributed by atoms with Gasteiger partial charge in [-0.1, -0.05) is 17.7 Å². The topological polar surface area (TPSA) is 55.4 Å². The van der Waals surface area contributed by atoms with E-state index in [2.05, 4.69) is 5.32 Å². The Labute approximate surface area is 139 Å². The van der Waals surface area contributed by atoms with Crippen LogP contribution in [0.3, 0.4) is 0 Å². The first kappa shape index (κ1) is 14.6. The molecular formula is C20H17NO3. The van der Waals surface area contributed by atoms with Crippen LogP contribution in [0.15, 0.2) is 51.5 Å². The van der Waals surface area contributed by atoms with E-state index >= 15 is 0 Å². The van der Waals surface area contributed by atoms with Gasteiger partial charge in [-0.2, -0.15) is 0 Å². The molecule has 0 radical (unpaired) electrons. The highest BCUT2D eigenvalue weighted by Gasteiger charge is 2.19. The van der Waals surface area contributed by atoms with Gasteiger partial charge in [0, 0.05) is 28.1 Å². The zero-order chi connectivity index (χ0) is 16.8. The molecule has 24 heavy (non-hydrogen) atoms. The van der Waals surface area contributed by atoms with Crippen molar-refractivity contribution in [1.82, 2.24) is 0 Å². The van der Waals surface area contributed by atoms with Gasteiger partial charge in [0.25, 0.3) is 5.91 Å². The zero-order valence-corrected chi connectivity index (χ0v) is 13.8. The Balaban J connectivity index is 1.75. The summed E-state index contributed by atoms with van der Waals surface area (Å²) in [4.78, 5) is 12.6. The van der Waals surface area contributed by atoms with Crippen LogP contribution >= 0.6 is 0 Å². The predicted molar refractivity (Wildman–Crippen MR) is 94.6 cm³/mol. The van der Waals surface area contributed by atoms with Gasteiger partial charge >= 0.3 is 0 Å². The first-order valence-electron chi connectivity index (χ1n) is 7.82. The SMILES string of the molecule is Cc1ccc(NC(=O)c2oc3cc4occ(C)c4cc3c2C)cc1. The van der Waals surface area contributed by atoms with Crippen molar-refractivity contribution in [2.45, 2.75) is 20.8 Å². The fourth-order valence-electron chi connectivity index (χ4n) is 2.91. The summed E-state index contributed by atoms with van der Waals surface area (Å²) in [5.41, 5.74) is 5.21. The number of rotatable bonds is 2. The van der Waals surface area contributed by atoms with E-state index in [4.69, 9.17) is 8.83 Å². The summed E-state index contributed by atoms with van der Waals surface area (Å²) >= 11 is 0. The van der Waals surface area contributed by atoms with Crippen LogP contribution in [0.25, 0.3) is 21.9 Å². The number of aryl methyl sites for hydroxylation is 3. The van der Waals surface area contributed by atoms with Crippen molar-refractivity contribution in [3.05, 3.63) is 65.1 Å². The van der Waals surface area contributed by atoms with Gasteiger partial charge in [0.15, 0.2) is 5.76 Å². The lowest BCUT2D eigenvalue weighted by atomic mass is 10.1. The molecule has 4 nitrogen and oxygen atoms in total. The summed E-state index contributed by atoms with van der Waals surface area (Å²) in [6, 6.07) is 11.5. The molecule has 2 aromatic heterocycles. The van der Waals surface area contributed by atoms with Crippen molar-refractivity contribution < 1.29 is 13.6 Å². The second kappa shape index (κ2) is 5.27. The van der Waals surface area contributed by atoms with Crippen LogP contribution in [0.1, 0.15) is 27.2 Å². The second-order valence-electron chi connectivity index (χ2n) is 6.14. The van der Waals surface area contributed by atoms with E-state index in [0.717, 1.165) is 38.7 Å². The molecule has 0 saturated heterocycles. The predicted octanol–water partition coefficient (Wildman–Crippen LogP) is 5.36. The summed E-state index contributed by atoms with van der Waals surface area (Å²) in [7, 11) is 0. The molecule has 0 fully saturated rings. The molecule has 4 heteroatoms. The number of furan rings is 2. The van der Waals surface area contributed by atoms with Gasteiger partial charge < -0.3 is 14.2 Å². The van der Waals surface area contributed by atoms with Crippen molar-refractivity contribution in [3.8, 4) is 0 Å². The summed E-state index contributed by atoms with van der Waals surface area (Å²) in [5, 5.41) is 4.85. The minimum Gasteiger partial charge on any atom is -0.464 e. The Morgan fingerprint density at radius 3 is 2.46 bits per heavy atom. The third-order valence-electron chi connectivity index (χ3n) is 4.34. The van der Waals surface area contributed by atoms with Crippen molar-refractivity contribution in [3.63, 3.8) is 0 Å². The number of fused-ring (bicyclic) bond motifs is 2. The molecule has 4 rings (SSSR count). The fraction of sp³-hybridized carbons (Fsp3) is 0.150. The van der Waals surface area contributed by atoms with Crippen LogP contribution in [0.2, 0.25) is 0 Å². The minimum atomic E-state index is -0.249. The molecule has 0 bridgehead atoms. The fourth-order valence-corrected chi connectivity index (χ4v) is 2.91. The maximum absolute atomic E-state index is 12.6. The molecule has 2 heterocycles. The third-order valence-corrected chi connectivity index (χ3v) is 4.34. The molecule has 0 saturated carbocycles. The van der Waals surface area contributed by atoms with E-state index in [1.807, 2.05) is 57.2 Å². The van der Waals surface area contributed by atoms with Crippen LogP contribution in [0, 0.1) is 20.8 Å².